The first-order chi connectivity index (χ1) is 14.8. The molecule has 0 radical (unpaired) electrons. The van der Waals surface area contributed by atoms with Crippen LogP contribution in [-0.4, -0.2) is 19.8 Å². The van der Waals surface area contributed by atoms with Crippen molar-refractivity contribution in [2.24, 2.45) is 0 Å². The number of rotatable bonds is 3. The van der Waals surface area contributed by atoms with Crippen LogP contribution < -0.4 is 10.4 Å². The molecule has 0 fully saturated rings. The van der Waals surface area contributed by atoms with E-state index in [0.29, 0.717) is 0 Å². The van der Waals surface area contributed by atoms with E-state index in [1.54, 1.807) is 0 Å². The van der Waals surface area contributed by atoms with Crippen molar-refractivity contribution in [3.8, 4) is 12.3 Å². The predicted molar refractivity (Wildman–Crippen MR) is 140 cm³/mol. The Morgan fingerprint density at radius 2 is 1.10 bits per heavy atom. The van der Waals surface area contributed by atoms with Crippen molar-refractivity contribution >= 4 is 36.2 Å². The van der Waals surface area contributed by atoms with Gasteiger partial charge in [-0.25, -0.2) is 0 Å². The van der Waals surface area contributed by atoms with Crippen LogP contribution in [-0.2, 0) is 0 Å². The summed E-state index contributed by atoms with van der Waals surface area (Å²) >= 11 is 0. The van der Waals surface area contributed by atoms with Gasteiger partial charge in [0, 0.05) is 15.8 Å². The van der Waals surface area contributed by atoms with Crippen LogP contribution in [0.4, 0.5) is 0 Å². The van der Waals surface area contributed by atoms with Crippen LogP contribution >= 0.6 is 0 Å². The summed E-state index contributed by atoms with van der Waals surface area (Å²) < 4.78 is 0. The van der Waals surface area contributed by atoms with Crippen LogP contribution in [0.25, 0.3) is 6.08 Å². The van der Waals surface area contributed by atoms with Gasteiger partial charge in [-0.1, -0.05) is 137 Å². The Bertz CT molecular complexity index is 1000. The average molecular weight is 421 g/mol. The highest BCUT2D eigenvalue weighted by Crippen LogP contribution is 1.99. The highest BCUT2D eigenvalue weighted by atomic mass is 28.2. The maximum absolute atomic E-state index is 5.10. The molecule has 4 aromatic carbocycles. The van der Waals surface area contributed by atoms with Gasteiger partial charge in [0.1, 0.15) is 0 Å². The van der Waals surface area contributed by atoms with E-state index < -0.39 is 0 Å². The lowest BCUT2D eigenvalue weighted by Gasteiger charge is -1.94. The second-order valence-electron chi connectivity index (χ2n) is 6.67. The molecule has 0 spiro atoms. The first kappa shape index (κ1) is 22.9. The maximum Gasteiger partial charge on any atom is 0.0783 e. The van der Waals surface area contributed by atoms with Crippen molar-refractivity contribution in [2.45, 2.75) is 0 Å². The number of benzene rings is 4. The second-order valence-corrected chi connectivity index (χ2v) is 9.52. The third-order valence-corrected chi connectivity index (χ3v) is 6.27. The van der Waals surface area contributed by atoms with Gasteiger partial charge in [0.25, 0.3) is 0 Å². The van der Waals surface area contributed by atoms with Crippen LogP contribution in [0, 0.1) is 12.3 Å². The topological polar surface area (TPSA) is 0 Å². The zero-order valence-electron chi connectivity index (χ0n) is 17.5. The van der Waals surface area contributed by atoms with Crippen molar-refractivity contribution in [3.05, 3.63) is 138 Å². The van der Waals surface area contributed by atoms with Crippen molar-refractivity contribution in [1.82, 2.24) is 0 Å². The van der Waals surface area contributed by atoms with Gasteiger partial charge < -0.3 is 0 Å². The molecule has 4 aromatic rings. The molecule has 4 rings (SSSR count). The fourth-order valence-electron chi connectivity index (χ4n) is 2.58. The highest BCUT2D eigenvalue weighted by Gasteiger charge is 1.87. The molecule has 0 nitrogen and oxygen atoms in total. The number of hydrogen-bond donors (Lipinski definition) is 0. The predicted octanol–water partition coefficient (Wildman–Crippen LogP) is 3.50. The van der Waals surface area contributed by atoms with Crippen LogP contribution in [0.3, 0.4) is 0 Å². The molecule has 0 bridgehead atoms. The summed E-state index contributed by atoms with van der Waals surface area (Å²) in [7, 11) is 0.938. The van der Waals surface area contributed by atoms with Gasteiger partial charge in [0.05, 0.1) is 9.52 Å². The molecule has 0 heterocycles. The minimum atomic E-state index is -0.236. The number of terminal acetylenes is 1. The van der Waals surface area contributed by atoms with Crippen molar-refractivity contribution < 1.29 is 0 Å². The molecule has 0 aliphatic carbocycles. The smallest absolute Gasteiger partial charge is 0.0783 e. The molecule has 30 heavy (non-hydrogen) atoms. The Kier molecular flexibility index (Phi) is 11.1. The summed E-state index contributed by atoms with van der Waals surface area (Å²) in [4.78, 5) is 0. The SMILES string of the molecule is C#Cc1ccccc1.C(=C\c1ccccc1)/[SiH2]c1ccccc1.[SiH3]c1ccccc1. The summed E-state index contributed by atoms with van der Waals surface area (Å²) in [5, 5.41) is 2.95. The molecule has 0 aromatic heterocycles. The minimum Gasteiger partial charge on any atom is -0.115 e. The normalized spacial score (nSPS) is 9.97. The summed E-state index contributed by atoms with van der Waals surface area (Å²) in [6.45, 7) is 0. The van der Waals surface area contributed by atoms with Crippen molar-refractivity contribution in [3.63, 3.8) is 0 Å². The van der Waals surface area contributed by atoms with E-state index in [0.717, 1.165) is 5.56 Å². The van der Waals surface area contributed by atoms with Gasteiger partial charge in [-0.05, 0) is 17.7 Å². The van der Waals surface area contributed by atoms with Crippen LogP contribution in [0.5, 0.6) is 0 Å². The summed E-state index contributed by atoms with van der Waals surface area (Å²) in [6.07, 6.45) is 7.32. The van der Waals surface area contributed by atoms with E-state index in [9.17, 15) is 0 Å². The Balaban J connectivity index is 0.000000179. The fraction of sp³-hybridized carbons (Fsp3) is 0. The molecule has 148 valence electrons. The molecule has 0 aliphatic heterocycles. The second kappa shape index (κ2) is 14.6. The van der Waals surface area contributed by atoms with E-state index in [4.69, 9.17) is 6.42 Å². The quantitative estimate of drug-likeness (QED) is 0.352. The van der Waals surface area contributed by atoms with E-state index in [-0.39, 0.29) is 9.52 Å². The van der Waals surface area contributed by atoms with Gasteiger partial charge in [-0.3, -0.25) is 0 Å². The Hall–Kier alpha value is -3.39. The zero-order chi connectivity index (χ0) is 21.3. The molecule has 0 N–H and O–H groups in total. The lowest BCUT2D eigenvalue weighted by Crippen LogP contribution is -2.09. The molecular formula is C28H28Si2. The summed E-state index contributed by atoms with van der Waals surface area (Å²) in [5.41, 5.74) is 4.57. The highest BCUT2D eigenvalue weighted by molar-refractivity contribution is 6.59. The van der Waals surface area contributed by atoms with Gasteiger partial charge in [0.2, 0.25) is 0 Å². The van der Waals surface area contributed by atoms with Gasteiger partial charge >= 0.3 is 0 Å². The van der Waals surface area contributed by atoms with E-state index in [1.807, 2.05) is 42.5 Å². The standard InChI is InChI=1S/C14H14Si.C8H6.C6H8Si/c1-3-7-13(8-4-1)11-12-15-14-9-5-2-6-10-14;1-2-8-6-4-3-5-7-8;7-6-4-2-1-3-5-6/h1-12H,15H2;1,3-7H;1-5H,7H3/b12-11+;;. The lowest BCUT2D eigenvalue weighted by atomic mass is 10.2. The van der Waals surface area contributed by atoms with Crippen molar-refractivity contribution in [2.75, 3.05) is 0 Å². The monoisotopic (exact) mass is 420 g/mol. The molecule has 0 saturated heterocycles. The largest absolute Gasteiger partial charge is 0.115 e. The third-order valence-electron chi connectivity index (χ3n) is 4.19. The van der Waals surface area contributed by atoms with E-state index >= 15 is 0 Å². The van der Waals surface area contributed by atoms with Crippen LogP contribution in [0.15, 0.2) is 127 Å². The zero-order valence-corrected chi connectivity index (χ0v) is 20.9. The van der Waals surface area contributed by atoms with Gasteiger partial charge in [-0.15, -0.1) is 6.42 Å². The maximum atomic E-state index is 5.10. The molecular weight excluding hydrogens is 392 g/mol. The molecule has 0 saturated carbocycles. The summed E-state index contributed by atoms with van der Waals surface area (Å²) in [5.74, 6) is 2.53. The first-order valence-electron chi connectivity index (χ1n) is 10.1. The van der Waals surface area contributed by atoms with Crippen LogP contribution in [0.1, 0.15) is 11.1 Å². The van der Waals surface area contributed by atoms with E-state index in [2.05, 4.69) is 96.6 Å². The van der Waals surface area contributed by atoms with Crippen LogP contribution in [0.2, 0.25) is 0 Å². The molecule has 0 unspecified atom stereocenters. The van der Waals surface area contributed by atoms with Crippen molar-refractivity contribution in [1.29, 1.82) is 0 Å². The fourth-order valence-corrected chi connectivity index (χ4v) is 4.17. The molecule has 2 heteroatoms. The molecule has 0 atom stereocenters. The first-order valence-corrected chi connectivity index (χ1v) is 12.6. The van der Waals surface area contributed by atoms with Gasteiger partial charge in [0.15, 0.2) is 0 Å². The third kappa shape index (κ3) is 10.2. The Morgan fingerprint density at radius 3 is 1.53 bits per heavy atom. The van der Waals surface area contributed by atoms with Gasteiger partial charge in [-0.2, -0.15) is 0 Å². The minimum absolute atomic E-state index is 0.236. The summed E-state index contributed by atoms with van der Waals surface area (Å²) in [6, 6.07) is 41.3. The average Bonchev–Trinajstić information content (AvgIpc) is 2.82. The Morgan fingerprint density at radius 1 is 0.633 bits per heavy atom. The number of hydrogen-bond acceptors (Lipinski definition) is 0. The molecule has 0 aliphatic rings. The van der Waals surface area contributed by atoms with E-state index in [1.165, 1.54) is 26.2 Å². The Labute approximate surface area is 186 Å². The lowest BCUT2D eigenvalue weighted by molar-refractivity contribution is 1.65. The molecule has 0 amide bonds.